The lowest BCUT2D eigenvalue weighted by Gasteiger charge is -2.39. The maximum Gasteiger partial charge on any atom is 0.262 e. The number of aromatic hydroxyl groups is 1. The Kier molecular flexibility index (Phi) is 6.82. The summed E-state index contributed by atoms with van der Waals surface area (Å²) in [6.45, 7) is 2.24. The topological polar surface area (TPSA) is 61.8 Å². The average Bonchev–Trinajstić information content (AvgIpc) is 3.06. The molecular formula is C24H27BrN2O3S. The predicted octanol–water partition coefficient (Wildman–Crippen LogP) is 6.05. The van der Waals surface area contributed by atoms with Gasteiger partial charge >= 0.3 is 0 Å². The van der Waals surface area contributed by atoms with Gasteiger partial charge in [-0.1, -0.05) is 65.7 Å². The third-order valence-electron chi connectivity index (χ3n) is 6.00. The van der Waals surface area contributed by atoms with E-state index in [-0.39, 0.29) is 23.2 Å². The first kappa shape index (κ1) is 22.1. The van der Waals surface area contributed by atoms with Crippen LogP contribution in [0.25, 0.3) is 6.08 Å². The number of ether oxygens (including phenoxy) is 1. The van der Waals surface area contributed by atoms with E-state index in [1.54, 1.807) is 18.2 Å². The number of methoxy groups -OCH3 is 1. The Morgan fingerprint density at radius 1 is 1.23 bits per heavy atom. The number of halogens is 1. The standard InChI is InChI=1S/C24H27BrN2O3S/c1-15-8-6-7-11-19(15)27-23(29)21(31-24(27)26-18-9-4-3-5-10-18)13-16-12-17(25)14-20(30-2)22(16)28/h3-5,9-10,12-15,19,24,26,28H,6-8,11H2,1-2H3/b21-13-/t15-,19-,24?/m1/s1. The van der Waals surface area contributed by atoms with Gasteiger partial charge in [-0.25, -0.2) is 0 Å². The summed E-state index contributed by atoms with van der Waals surface area (Å²) in [4.78, 5) is 16.2. The molecule has 2 aromatic carbocycles. The number of hydrogen-bond donors (Lipinski definition) is 2. The number of phenols is 1. The molecule has 5 nitrogen and oxygen atoms in total. The van der Waals surface area contributed by atoms with Crippen LogP contribution < -0.4 is 10.1 Å². The molecule has 164 valence electrons. The zero-order chi connectivity index (χ0) is 22.0. The maximum absolute atomic E-state index is 13.6. The highest BCUT2D eigenvalue weighted by atomic mass is 79.9. The van der Waals surface area contributed by atoms with Gasteiger partial charge in [0.1, 0.15) is 0 Å². The molecule has 0 bridgehead atoms. The van der Waals surface area contributed by atoms with E-state index in [1.807, 2.05) is 35.2 Å². The van der Waals surface area contributed by atoms with Crippen LogP contribution in [0, 0.1) is 5.92 Å². The lowest BCUT2D eigenvalue weighted by molar-refractivity contribution is -0.129. The fourth-order valence-corrected chi connectivity index (χ4v) is 6.03. The van der Waals surface area contributed by atoms with Crippen LogP contribution in [-0.4, -0.2) is 34.6 Å². The number of para-hydroxylation sites is 1. The second-order valence-electron chi connectivity index (χ2n) is 8.08. The zero-order valence-electron chi connectivity index (χ0n) is 17.7. The number of carbonyl (C=O) groups is 1. The van der Waals surface area contributed by atoms with Gasteiger partial charge < -0.3 is 20.1 Å². The van der Waals surface area contributed by atoms with E-state index in [4.69, 9.17) is 4.74 Å². The van der Waals surface area contributed by atoms with Crippen molar-refractivity contribution in [3.8, 4) is 11.5 Å². The quantitative estimate of drug-likeness (QED) is 0.487. The van der Waals surface area contributed by atoms with Crippen LogP contribution >= 0.6 is 27.7 Å². The van der Waals surface area contributed by atoms with Gasteiger partial charge in [0, 0.05) is 21.8 Å². The van der Waals surface area contributed by atoms with Gasteiger partial charge in [-0.3, -0.25) is 4.79 Å². The second-order valence-corrected chi connectivity index (χ2v) is 10.1. The summed E-state index contributed by atoms with van der Waals surface area (Å²) in [6, 6.07) is 13.7. The Morgan fingerprint density at radius 3 is 2.68 bits per heavy atom. The van der Waals surface area contributed by atoms with Crippen LogP contribution in [0.3, 0.4) is 0 Å². The molecule has 4 rings (SSSR count). The van der Waals surface area contributed by atoms with Crippen molar-refractivity contribution in [2.75, 3.05) is 12.4 Å². The molecule has 1 aliphatic heterocycles. The SMILES string of the molecule is COc1cc(Br)cc(/C=C2\SC(Nc3ccccc3)N([C@@H]3CCCC[C@H]3C)C2=O)c1O. The molecule has 2 aromatic rings. The number of thioether (sulfide) groups is 1. The molecule has 2 aliphatic rings. The fraction of sp³-hybridized carbons (Fsp3) is 0.375. The minimum atomic E-state index is -0.192. The summed E-state index contributed by atoms with van der Waals surface area (Å²) in [6.07, 6.45) is 6.29. The summed E-state index contributed by atoms with van der Waals surface area (Å²) >= 11 is 4.96. The number of carbonyl (C=O) groups excluding carboxylic acids is 1. The molecule has 31 heavy (non-hydrogen) atoms. The van der Waals surface area contributed by atoms with Crippen molar-refractivity contribution in [3.63, 3.8) is 0 Å². The summed E-state index contributed by atoms with van der Waals surface area (Å²) < 4.78 is 6.04. The van der Waals surface area contributed by atoms with Crippen LogP contribution in [0.4, 0.5) is 5.69 Å². The molecule has 7 heteroatoms. The minimum Gasteiger partial charge on any atom is -0.504 e. The van der Waals surface area contributed by atoms with E-state index in [9.17, 15) is 9.90 Å². The Balaban J connectivity index is 1.69. The Hall–Kier alpha value is -2.12. The predicted molar refractivity (Wildman–Crippen MR) is 130 cm³/mol. The zero-order valence-corrected chi connectivity index (χ0v) is 20.1. The van der Waals surface area contributed by atoms with Crippen molar-refractivity contribution < 1.29 is 14.6 Å². The number of benzene rings is 2. The van der Waals surface area contributed by atoms with Crippen molar-refractivity contribution in [3.05, 3.63) is 57.4 Å². The average molecular weight is 503 g/mol. The van der Waals surface area contributed by atoms with Crippen LogP contribution in [0.5, 0.6) is 11.5 Å². The highest BCUT2D eigenvalue weighted by Gasteiger charge is 2.43. The molecule has 0 aromatic heterocycles. The largest absolute Gasteiger partial charge is 0.504 e. The molecule has 1 saturated carbocycles. The van der Waals surface area contributed by atoms with E-state index < -0.39 is 0 Å². The number of hydrogen-bond acceptors (Lipinski definition) is 5. The third-order valence-corrected chi connectivity index (χ3v) is 7.57. The van der Waals surface area contributed by atoms with Gasteiger partial charge in [0.05, 0.1) is 12.0 Å². The first-order valence-electron chi connectivity index (χ1n) is 10.6. The van der Waals surface area contributed by atoms with Gasteiger partial charge in [0.15, 0.2) is 17.0 Å². The second kappa shape index (κ2) is 9.57. The molecule has 2 fully saturated rings. The summed E-state index contributed by atoms with van der Waals surface area (Å²) in [5.41, 5.74) is 1.34. The fourth-order valence-electron chi connectivity index (χ4n) is 4.37. The first-order valence-corrected chi connectivity index (χ1v) is 12.2. The summed E-state index contributed by atoms with van der Waals surface area (Å²) in [5, 5.41) is 14.1. The van der Waals surface area contributed by atoms with E-state index >= 15 is 0 Å². The van der Waals surface area contributed by atoms with E-state index in [0.29, 0.717) is 22.1 Å². The lowest BCUT2D eigenvalue weighted by Crippen LogP contribution is -2.48. The molecule has 1 aliphatic carbocycles. The van der Waals surface area contributed by atoms with Gasteiger partial charge in [0.25, 0.3) is 5.91 Å². The molecular weight excluding hydrogens is 476 g/mol. The lowest BCUT2D eigenvalue weighted by atomic mass is 9.85. The van der Waals surface area contributed by atoms with Crippen molar-refractivity contribution in [1.82, 2.24) is 4.90 Å². The number of anilines is 1. The molecule has 2 N–H and O–H groups in total. The number of rotatable bonds is 5. The molecule has 1 heterocycles. The molecule has 1 saturated heterocycles. The monoisotopic (exact) mass is 502 g/mol. The Bertz CT molecular complexity index is 982. The molecule has 1 amide bonds. The molecule has 1 unspecified atom stereocenters. The minimum absolute atomic E-state index is 0.00974. The van der Waals surface area contributed by atoms with Crippen LogP contribution in [-0.2, 0) is 4.79 Å². The van der Waals surface area contributed by atoms with Crippen LogP contribution in [0.1, 0.15) is 38.2 Å². The number of nitrogens with one attached hydrogen (secondary N) is 1. The van der Waals surface area contributed by atoms with Crippen molar-refractivity contribution in [2.24, 2.45) is 5.92 Å². The van der Waals surface area contributed by atoms with Crippen molar-refractivity contribution >= 4 is 45.4 Å². The maximum atomic E-state index is 13.6. The van der Waals surface area contributed by atoms with Gasteiger partial charge in [-0.15, -0.1) is 0 Å². The van der Waals surface area contributed by atoms with E-state index in [2.05, 4.69) is 28.2 Å². The van der Waals surface area contributed by atoms with Crippen molar-refractivity contribution in [2.45, 2.75) is 44.1 Å². The highest BCUT2D eigenvalue weighted by Crippen LogP contribution is 2.44. The highest BCUT2D eigenvalue weighted by molar-refractivity contribution is 9.10. The first-order chi connectivity index (χ1) is 15.0. The normalized spacial score (nSPS) is 25.1. The number of phenolic OH excluding ortho intramolecular Hbond substituents is 1. The summed E-state index contributed by atoms with van der Waals surface area (Å²) in [7, 11) is 1.51. The smallest absolute Gasteiger partial charge is 0.262 e. The van der Waals surface area contributed by atoms with Gasteiger partial charge in [-0.2, -0.15) is 0 Å². The van der Waals surface area contributed by atoms with Gasteiger partial charge in [0.2, 0.25) is 0 Å². The summed E-state index contributed by atoms with van der Waals surface area (Å²) in [5.74, 6) is 0.865. The molecule has 3 atom stereocenters. The molecule has 0 spiro atoms. The number of amides is 1. The third kappa shape index (κ3) is 4.72. The van der Waals surface area contributed by atoms with Gasteiger partial charge in [-0.05, 0) is 49.1 Å². The Morgan fingerprint density at radius 2 is 1.97 bits per heavy atom. The van der Waals surface area contributed by atoms with Crippen molar-refractivity contribution in [1.29, 1.82) is 0 Å². The Labute approximate surface area is 196 Å². The van der Waals surface area contributed by atoms with E-state index in [0.717, 1.165) is 29.4 Å². The number of nitrogens with zero attached hydrogens (tertiary/aromatic N) is 1. The van der Waals surface area contributed by atoms with Crippen LogP contribution in [0.15, 0.2) is 51.8 Å². The molecule has 0 radical (unpaired) electrons. The van der Waals surface area contributed by atoms with E-state index in [1.165, 1.54) is 25.3 Å². The van der Waals surface area contributed by atoms with Crippen LogP contribution in [0.2, 0.25) is 0 Å².